The van der Waals surface area contributed by atoms with Crippen molar-refractivity contribution in [3.8, 4) is 12.3 Å². The SMILES string of the molecule is C#CC[C@@]1(C(=O)OC)C(=O)[C@@H](CC=C)[C@@H]2CC3(C[C@@H]21)OCC(C)(C)CO3. The van der Waals surface area contributed by atoms with Crippen LogP contribution < -0.4 is 0 Å². The van der Waals surface area contributed by atoms with Crippen LogP contribution in [0.1, 0.15) is 39.5 Å². The number of hydrogen-bond acceptors (Lipinski definition) is 5. The molecule has 2 aliphatic carbocycles. The number of allylic oxidation sites excluding steroid dienone is 1. The maximum atomic E-state index is 13.3. The Labute approximate surface area is 155 Å². The zero-order valence-corrected chi connectivity index (χ0v) is 15.9. The van der Waals surface area contributed by atoms with E-state index in [4.69, 9.17) is 20.6 Å². The zero-order chi connectivity index (χ0) is 19.2. The maximum absolute atomic E-state index is 13.3. The van der Waals surface area contributed by atoms with Crippen molar-refractivity contribution in [3.63, 3.8) is 0 Å². The number of ether oxygens (including phenoxy) is 3. The molecule has 3 aliphatic rings. The quantitative estimate of drug-likeness (QED) is 0.334. The van der Waals surface area contributed by atoms with Crippen LogP contribution in [0, 0.1) is 40.9 Å². The number of methoxy groups -OCH3 is 1. The molecule has 0 amide bonds. The van der Waals surface area contributed by atoms with E-state index in [1.54, 1.807) is 6.08 Å². The Bertz CT molecular complexity index is 648. The molecule has 1 saturated heterocycles. The first-order valence-corrected chi connectivity index (χ1v) is 9.20. The lowest BCUT2D eigenvalue weighted by Crippen LogP contribution is -2.49. The lowest BCUT2D eigenvalue weighted by molar-refractivity contribution is -0.298. The fourth-order valence-corrected chi connectivity index (χ4v) is 5.06. The Morgan fingerprint density at radius 3 is 2.58 bits per heavy atom. The smallest absolute Gasteiger partial charge is 0.320 e. The normalized spacial score (nSPS) is 37.2. The molecular weight excluding hydrogens is 332 g/mol. The maximum Gasteiger partial charge on any atom is 0.320 e. The molecule has 4 atom stereocenters. The summed E-state index contributed by atoms with van der Waals surface area (Å²) in [4.78, 5) is 26.0. The largest absolute Gasteiger partial charge is 0.468 e. The summed E-state index contributed by atoms with van der Waals surface area (Å²) in [5, 5.41) is 0. The van der Waals surface area contributed by atoms with Gasteiger partial charge in [0.2, 0.25) is 0 Å². The van der Waals surface area contributed by atoms with Gasteiger partial charge in [-0.05, 0) is 18.3 Å². The molecule has 3 fully saturated rings. The predicted octanol–water partition coefficient (Wildman–Crippen LogP) is 2.74. The molecule has 0 unspecified atom stereocenters. The Hall–Kier alpha value is -1.64. The summed E-state index contributed by atoms with van der Waals surface area (Å²) < 4.78 is 17.4. The van der Waals surface area contributed by atoms with E-state index in [-0.39, 0.29) is 35.4 Å². The third-order valence-electron chi connectivity index (χ3n) is 6.32. The van der Waals surface area contributed by atoms with E-state index in [0.717, 1.165) is 0 Å². The Kier molecular flexibility index (Phi) is 4.79. The van der Waals surface area contributed by atoms with Crippen LogP contribution >= 0.6 is 0 Å². The standard InChI is InChI=1S/C21H28O5/c1-6-8-14-15-10-20(25-12-19(3,4)13-26-20)11-16(15)21(9-7-2,17(14)22)18(23)24-5/h2,6,14-16H,1,8-13H2,3-5H3/t14-,15-,16-,21-/m0/s1. The molecule has 1 aliphatic heterocycles. The monoisotopic (exact) mass is 360 g/mol. The van der Waals surface area contributed by atoms with Gasteiger partial charge in [0.15, 0.2) is 11.6 Å². The van der Waals surface area contributed by atoms with Crippen LogP contribution in [0.4, 0.5) is 0 Å². The minimum absolute atomic E-state index is 0.0193. The van der Waals surface area contributed by atoms with E-state index in [9.17, 15) is 9.59 Å². The van der Waals surface area contributed by atoms with Crippen molar-refractivity contribution in [3.05, 3.63) is 12.7 Å². The summed E-state index contributed by atoms with van der Waals surface area (Å²) in [5.74, 6) is 0.618. The second-order valence-corrected chi connectivity index (χ2v) is 8.67. The first kappa shape index (κ1) is 19.1. The van der Waals surface area contributed by atoms with Gasteiger partial charge in [0.1, 0.15) is 5.41 Å². The number of rotatable bonds is 4. The van der Waals surface area contributed by atoms with Crippen LogP contribution in [-0.4, -0.2) is 37.9 Å². The highest BCUT2D eigenvalue weighted by Gasteiger charge is 2.70. The third kappa shape index (κ3) is 2.71. The molecule has 1 heterocycles. The fraction of sp³-hybridized carbons (Fsp3) is 0.714. The average molecular weight is 360 g/mol. The van der Waals surface area contributed by atoms with E-state index in [2.05, 4.69) is 26.3 Å². The molecule has 5 heteroatoms. The number of Topliss-reactive ketones (excluding diaryl/α,β-unsaturated/α-hetero) is 1. The highest BCUT2D eigenvalue weighted by Crippen LogP contribution is 2.62. The van der Waals surface area contributed by atoms with Gasteiger partial charge in [0.05, 0.1) is 20.3 Å². The van der Waals surface area contributed by atoms with Crippen LogP contribution in [0.25, 0.3) is 0 Å². The second kappa shape index (κ2) is 6.51. The van der Waals surface area contributed by atoms with Gasteiger partial charge in [0, 0.05) is 30.6 Å². The van der Waals surface area contributed by atoms with Crippen LogP contribution in [0.5, 0.6) is 0 Å². The molecule has 142 valence electrons. The Morgan fingerprint density at radius 1 is 1.38 bits per heavy atom. The van der Waals surface area contributed by atoms with Gasteiger partial charge in [-0.1, -0.05) is 19.9 Å². The highest BCUT2D eigenvalue weighted by molar-refractivity contribution is 6.07. The molecule has 1 spiro atoms. The van der Waals surface area contributed by atoms with E-state index in [0.29, 0.717) is 32.5 Å². The summed E-state index contributed by atoms with van der Waals surface area (Å²) in [5.41, 5.74) is -1.34. The number of carbonyl (C=O) groups is 2. The van der Waals surface area contributed by atoms with Crippen molar-refractivity contribution in [2.24, 2.45) is 28.6 Å². The van der Waals surface area contributed by atoms with Crippen molar-refractivity contribution >= 4 is 11.8 Å². The van der Waals surface area contributed by atoms with Gasteiger partial charge in [-0.25, -0.2) is 0 Å². The Morgan fingerprint density at radius 2 is 2.04 bits per heavy atom. The average Bonchev–Trinajstić information content (AvgIpc) is 3.07. The van der Waals surface area contributed by atoms with Gasteiger partial charge in [-0.3, -0.25) is 9.59 Å². The number of terminal acetylenes is 1. The van der Waals surface area contributed by atoms with Crippen molar-refractivity contribution in [1.29, 1.82) is 0 Å². The van der Waals surface area contributed by atoms with E-state index in [1.165, 1.54) is 7.11 Å². The van der Waals surface area contributed by atoms with Crippen molar-refractivity contribution in [2.45, 2.75) is 45.3 Å². The lowest BCUT2D eigenvalue weighted by Gasteiger charge is -2.42. The van der Waals surface area contributed by atoms with Crippen molar-refractivity contribution in [1.82, 2.24) is 0 Å². The molecule has 2 saturated carbocycles. The first-order chi connectivity index (χ1) is 12.2. The van der Waals surface area contributed by atoms with Crippen LogP contribution in [0.2, 0.25) is 0 Å². The molecular formula is C21H28O5. The third-order valence-corrected chi connectivity index (χ3v) is 6.32. The summed E-state index contributed by atoms with van der Waals surface area (Å²) in [6.45, 7) is 9.15. The van der Waals surface area contributed by atoms with Crippen LogP contribution in [0.3, 0.4) is 0 Å². The molecule has 26 heavy (non-hydrogen) atoms. The van der Waals surface area contributed by atoms with Crippen LogP contribution in [0.15, 0.2) is 12.7 Å². The minimum atomic E-state index is -1.30. The van der Waals surface area contributed by atoms with Gasteiger partial charge in [-0.15, -0.1) is 18.9 Å². The summed E-state index contributed by atoms with van der Waals surface area (Å²) in [6.07, 6.45) is 8.96. The molecule has 0 radical (unpaired) electrons. The highest BCUT2D eigenvalue weighted by atomic mass is 16.7. The minimum Gasteiger partial charge on any atom is -0.468 e. The molecule has 0 N–H and O–H groups in total. The molecule has 0 aromatic carbocycles. The summed E-state index contributed by atoms with van der Waals surface area (Å²) in [6, 6.07) is 0. The van der Waals surface area contributed by atoms with Gasteiger partial charge < -0.3 is 14.2 Å². The predicted molar refractivity (Wildman–Crippen MR) is 95.8 cm³/mol. The van der Waals surface area contributed by atoms with E-state index < -0.39 is 17.2 Å². The molecule has 0 bridgehead atoms. The fourth-order valence-electron chi connectivity index (χ4n) is 5.06. The Balaban J connectivity index is 1.98. The molecule has 0 aromatic heterocycles. The van der Waals surface area contributed by atoms with E-state index in [1.807, 2.05) is 0 Å². The summed E-state index contributed by atoms with van der Waals surface area (Å²) in [7, 11) is 1.31. The molecule has 5 nitrogen and oxygen atoms in total. The number of carbonyl (C=O) groups excluding carboxylic acids is 2. The van der Waals surface area contributed by atoms with Crippen LogP contribution in [-0.2, 0) is 23.8 Å². The number of hydrogen-bond donors (Lipinski definition) is 0. The van der Waals surface area contributed by atoms with Gasteiger partial charge in [-0.2, -0.15) is 0 Å². The number of ketones is 1. The zero-order valence-electron chi connectivity index (χ0n) is 15.9. The number of esters is 1. The molecule has 0 aromatic rings. The van der Waals surface area contributed by atoms with Gasteiger partial charge >= 0.3 is 5.97 Å². The summed E-state index contributed by atoms with van der Waals surface area (Å²) >= 11 is 0. The topological polar surface area (TPSA) is 61.8 Å². The van der Waals surface area contributed by atoms with Crippen molar-refractivity contribution < 1.29 is 23.8 Å². The number of fused-ring (bicyclic) bond motifs is 1. The lowest BCUT2D eigenvalue weighted by atomic mass is 9.72. The van der Waals surface area contributed by atoms with Gasteiger partial charge in [0.25, 0.3) is 0 Å². The molecule has 3 rings (SSSR count). The van der Waals surface area contributed by atoms with Crippen molar-refractivity contribution in [2.75, 3.05) is 20.3 Å². The first-order valence-electron chi connectivity index (χ1n) is 9.20. The van der Waals surface area contributed by atoms with E-state index >= 15 is 0 Å². The second-order valence-electron chi connectivity index (χ2n) is 8.67.